The molecule has 0 saturated carbocycles. The SMILES string of the molecule is CCCC(C)N(C)c1cc(CCl)cc(C)n1. The van der Waals surface area contributed by atoms with Crippen molar-refractivity contribution < 1.29 is 0 Å². The molecular weight excluding hydrogens is 220 g/mol. The Kier molecular flexibility index (Phi) is 5.07. The lowest BCUT2D eigenvalue weighted by molar-refractivity contribution is 0.610. The fourth-order valence-corrected chi connectivity index (χ4v) is 1.97. The van der Waals surface area contributed by atoms with Crippen molar-refractivity contribution in [1.82, 2.24) is 4.98 Å². The molecule has 1 atom stereocenters. The van der Waals surface area contributed by atoms with Gasteiger partial charge in [-0.3, -0.25) is 0 Å². The van der Waals surface area contributed by atoms with E-state index in [-0.39, 0.29) is 0 Å². The minimum absolute atomic E-state index is 0.516. The van der Waals surface area contributed by atoms with E-state index in [9.17, 15) is 0 Å². The van der Waals surface area contributed by atoms with Gasteiger partial charge in [0.1, 0.15) is 5.82 Å². The van der Waals surface area contributed by atoms with Crippen molar-refractivity contribution in [3.63, 3.8) is 0 Å². The van der Waals surface area contributed by atoms with Crippen LogP contribution in [-0.2, 0) is 5.88 Å². The molecule has 16 heavy (non-hydrogen) atoms. The van der Waals surface area contributed by atoms with Gasteiger partial charge in [0.05, 0.1) is 0 Å². The first kappa shape index (κ1) is 13.3. The summed E-state index contributed by atoms with van der Waals surface area (Å²) in [7, 11) is 2.10. The van der Waals surface area contributed by atoms with Gasteiger partial charge in [0.25, 0.3) is 0 Å². The van der Waals surface area contributed by atoms with Gasteiger partial charge in [-0.25, -0.2) is 4.98 Å². The van der Waals surface area contributed by atoms with E-state index in [0.717, 1.165) is 17.1 Å². The van der Waals surface area contributed by atoms with Crippen LogP contribution >= 0.6 is 11.6 Å². The Morgan fingerprint density at radius 2 is 2.12 bits per heavy atom. The van der Waals surface area contributed by atoms with Crippen LogP contribution in [0.1, 0.15) is 37.9 Å². The number of aromatic nitrogens is 1. The van der Waals surface area contributed by atoms with Crippen LogP contribution in [0.2, 0.25) is 0 Å². The molecule has 2 nitrogen and oxygen atoms in total. The van der Waals surface area contributed by atoms with Gasteiger partial charge in [-0.2, -0.15) is 0 Å². The van der Waals surface area contributed by atoms with E-state index >= 15 is 0 Å². The molecule has 0 bridgehead atoms. The maximum absolute atomic E-state index is 5.87. The van der Waals surface area contributed by atoms with Gasteiger partial charge in [0.15, 0.2) is 0 Å². The van der Waals surface area contributed by atoms with Gasteiger partial charge in [-0.05, 0) is 38.0 Å². The molecule has 0 fully saturated rings. The van der Waals surface area contributed by atoms with E-state index in [1.165, 1.54) is 12.8 Å². The smallest absolute Gasteiger partial charge is 0.129 e. The molecular formula is C13H21ClN2. The van der Waals surface area contributed by atoms with Crippen LogP contribution < -0.4 is 4.90 Å². The van der Waals surface area contributed by atoms with Crippen LogP contribution in [0.3, 0.4) is 0 Å². The molecule has 0 saturated heterocycles. The van der Waals surface area contributed by atoms with Crippen molar-refractivity contribution in [3.05, 3.63) is 23.4 Å². The quantitative estimate of drug-likeness (QED) is 0.729. The second kappa shape index (κ2) is 6.09. The first-order chi connectivity index (χ1) is 7.58. The summed E-state index contributed by atoms with van der Waals surface area (Å²) in [5.41, 5.74) is 2.17. The Morgan fingerprint density at radius 1 is 1.44 bits per heavy atom. The molecule has 0 aliphatic rings. The number of nitrogens with zero attached hydrogens (tertiary/aromatic N) is 2. The van der Waals surface area contributed by atoms with Crippen LogP contribution in [0.5, 0.6) is 0 Å². The van der Waals surface area contributed by atoms with Crippen LogP contribution in [0.15, 0.2) is 12.1 Å². The molecule has 0 aliphatic carbocycles. The van der Waals surface area contributed by atoms with E-state index in [1.807, 2.05) is 13.0 Å². The van der Waals surface area contributed by atoms with Crippen LogP contribution in [0, 0.1) is 6.92 Å². The number of hydrogen-bond donors (Lipinski definition) is 0. The third kappa shape index (κ3) is 3.38. The monoisotopic (exact) mass is 240 g/mol. The number of pyridine rings is 1. The molecule has 1 aromatic rings. The number of anilines is 1. The molecule has 0 spiro atoms. The second-order valence-corrected chi connectivity index (χ2v) is 4.62. The van der Waals surface area contributed by atoms with Crippen molar-refractivity contribution >= 4 is 17.4 Å². The fraction of sp³-hybridized carbons (Fsp3) is 0.615. The molecule has 0 aliphatic heterocycles. The molecule has 1 unspecified atom stereocenters. The fourth-order valence-electron chi connectivity index (χ4n) is 1.82. The second-order valence-electron chi connectivity index (χ2n) is 4.36. The molecule has 0 radical (unpaired) electrons. The lowest BCUT2D eigenvalue weighted by Gasteiger charge is -2.26. The van der Waals surface area contributed by atoms with E-state index in [1.54, 1.807) is 0 Å². The summed E-state index contributed by atoms with van der Waals surface area (Å²) in [5.74, 6) is 1.57. The first-order valence-electron chi connectivity index (χ1n) is 5.84. The van der Waals surface area contributed by atoms with Gasteiger partial charge in [-0.15, -0.1) is 11.6 Å². The Hall–Kier alpha value is -0.760. The zero-order chi connectivity index (χ0) is 12.1. The van der Waals surface area contributed by atoms with Crippen LogP contribution in [-0.4, -0.2) is 18.1 Å². The summed E-state index contributed by atoms with van der Waals surface area (Å²) in [6, 6.07) is 4.63. The van der Waals surface area contributed by atoms with Gasteiger partial charge >= 0.3 is 0 Å². The van der Waals surface area contributed by atoms with E-state index in [0.29, 0.717) is 11.9 Å². The summed E-state index contributed by atoms with van der Waals surface area (Å²) >= 11 is 5.87. The minimum Gasteiger partial charge on any atom is -0.357 e. The molecule has 0 amide bonds. The maximum atomic E-state index is 5.87. The van der Waals surface area contributed by atoms with Gasteiger partial charge in [0, 0.05) is 24.7 Å². The van der Waals surface area contributed by atoms with E-state index < -0.39 is 0 Å². The largest absolute Gasteiger partial charge is 0.357 e. The lowest BCUT2D eigenvalue weighted by Crippen LogP contribution is -2.29. The van der Waals surface area contributed by atoms with Crippen LogP contribution in [0.4, 0.5) is 5.82 Å². The highest BCUT2D eigenvalue weighted by Crippen LogP contribution is 2.18. The predicted octanol–water partition coefficient (Wildman–Crippen LogP) is 3.75. The number of halogens is 1. The number of rotatable bonds is 5. The van der Waals surface area contributed by atoms with Crippen LogP contribution in [0.25, 0.3) is 0 Å². The Morgan fingerprint density at radius 3 is 2.69 bits per heavy atom. The zero-order valence-electron chi connectivity index (χ0n) is 10.6. The Balaban J connectivity index is 2.89. The molecule has 90 valence electrons. The van der Waals surface area contributed by atoms with Gasteiger partial charge in [0.2, 0.25) is 0 Å². The topological polar surface area (TPSA) is 16.1 Å². The highest BCUT2D eigenvalue weighted by atomic mass is 35.5. The van der Waals surface area contributed by atoms with Gasteiger partial charge < -0.3 is 4.90 Å². The third-order valence-corrected chi connectivity index (χ3v) is 3.19. The van der Waals surface area contributed by atoms with Crippen molar-refractivity contribution in [2.45, 2.75) is 45.5 Å². The third-order valence-electron chi connectivity index (χ3n) is 2.88. The van der Waals surface area contributed by atoms with Crippen molar-refractivity contribution in [2.24, 2.45) is 0 Å². The first-order valence-corrected chi connectivity index (χ1v) is 6.38. The molecule has 1 rings (SSSR count). The summed E-state index contributed by atoms with van der Waals surface area (Å²) in [6.07, 6.45) is 2.38. The average Bonchev–Trinajstić information content (AvgIpc) is 2.27. The molecule has 3 heteroatoms. The van der Waals surface area contributed by atoms with Crippen molar-refractivity contribution in [1.29, 1.82) is 0 Å². The Labute approximate surface area is 104 Å². The summed E-state index contributed by atoms with van der Waals surface area (Å²) in [4.78, 5) is 6.78. The lowest BCUT2D eigenvalue weighted by atomic mass is 10.1. The average molecular weight is 241 g/mol. The maximum Gasteiger partial charge on any atom is 0.129 e. The zero-order valence-corrected chi connectivity index (χ0v) is 11.4. The number of hydrogen-bond acceptors (Lipinski definition) is 2. The molecule has 0 aromatic carbocycles. The normalized spacial score (nSPS) is 12.6. The van der Waals surface area contributed by atoms with E-state index in [4.69, 9.17) is 11.6 Å². The summed E-state index contributed by atoms with van der Waals surface area (Å²) in [5, 5.41) is 0. The molecule has 1 heterocycles. The highest BCUT2D eigenvalue weighted by Gasteiger charge is 2.11. The van der Waals surface area contributed by atoms with Crippen molar-refractivity contribution in [2.75, 3.05) is 11.9 Å². The molecule has 0 N–H and O–H groups in total. The predicted molar refractivity (Wildman–Crippen MR) is 71.3 cm³/mol. The van der Waals surface area contributed by atoms with E-state index in [2.05, 4.69) is 36.8 Å². The summed E-state index contributed by atoms with van der Waals surface area (Å²) < 4.78 is 0. The van der Waals surface area contributed by atoms with Gasteiger partial charge in [-0.1, -0.05) is 13.3 Å². The molecule has 1 aromatic heterocycles. The summed E-state index contributed by atoms with van der Waals surface area (Å²) in [6.45, 7) is 6.45. The van der Waals surface area contributed by atoms with Crippen molar-refractivity contribution in [3.8, 4) is 0 Å². The minimum atomic E-state index is 0.516. The standard InChI is InChI=1S/C13H21ClN2/c1-5-6-11(3)16(4)13-8-12(9-14)7-10(2)15-13/h7-8,11H,5-6,9H2,1-4H3. The number of aryl methyl sites for hydroxylation is 1. The number of alkyl halides is 1. The highest BCUT2D eigenvalue weighted by molar-refractivity contribution is 6.17. The Bertz CT molecular complexity index is 339.